The number of rotatable bonds is 8. The number of furan rings is 1. The van der Waals surface area contributed by atoms with Gasteiger partial charge in [0.25, 0.3) is 0 Å². The van der Waals surface area contributed by atoms with Gasteiger partial charge in [0, 0.05) is 11.4 Å². The number of amides is 1. The van der Waals surface area contributed by atoms with Crippen molar-refractivity contribution >= 4 is 29.3 Å². The molecule has 170 valence electrons. The molecular weight excluding hydrogens is 438 g/mol. The van der Waals surface area contributed by atoms with E-state index in [9.17, 15) is 14.9 Å². The first-order valence-electron chi connectivity index (χ1n) is 10.3. The minimum atomic E-state index is -0.742. The predicted molar refractivity (Wildman–Crippen MR) is 128 cm³/mol. The predicted octanol–water partition coefficient (Wildman–Crippen LogP) is 4.69. The first-order chi connectivity index (χ1) is 15.8. The molecule has 0 radical (unpaired) electrons. The highest BCUT2D eigenvalue weighted by Crippen LogP contribution is 2.41. The zero-order valence-corrected chi connectivity index (χ0v) is 19.5. The number of nitrogens with one attached hydrogen (secondary N) is 2. The summed E-state index contributed by atoms with van der Waals surface area (Å²) in [6.07, 6.45) is 2.96. The Labute approximate surface area is 197 Å². The molecule has 1 amide bonds. The van der Waals surface area contributed by atoms with Gasteiger partial charge in [-0.3, -0.25) is 4.79 Å². The van der Waals surface area contributed by atoms with Gasteiger partial charge in [-0.25, -0.2) is 4.79 Å². The standard InChI is InChI=1S/C25H25N3O4S/c1-5-10-32-25(30)22-17(4)27-24(18(13-26)23(22)20-7-6-11-31-20)33-14-21(29)28-19-12-15(2)8-9-16(19)3/h5-9,11-12,23,27H,1,10,14H2,2-4H3,(H,28,29)/t23-/m1/s1. The minimum absolute atomic E-state index is 0.0479. The Morgan fingerprint density at radius 1 is 1.33 bits per heavy atom. The maximum absolute atomic E-state index is 12.8. The Morgan fingerprint density at radius 3 is 2.79 bits per heavy atom. The zero-order valence-electron chi connectivity index (χ0n) is 18.7. The average Bonchev–Trinajstić information content (AvgIpc) is 3.32. The third-order valence-corrected chi connectivity index (χ3v) is 6.06. The molecule has 7 nitrogen and oxygen atoms in total. The summed E-state index contributed by atoms with van der Waals surface area (Å²) >= 11 is 1.19. The normalized spacial score (nSPS) is 15.5. The van der Waals surface area contributed by atoms with Crippen molar-refractivity contribution in [1.29, 1.82) is 5.26 Å². The molecule has 0 saturated carbocycles. The molecule has 1 aliphatic heterocycles. The summed E-state index contributed by atoms with van der Waals surface area (Å²) in [4.78, 5) is 25.4. The van der Waals surface area contributed by atoms with E-state index in [4.69, 9.17) is 9.15 Å². The summed E-state index contributed by atoms with van der Waals surface area (Å²) < 4.78 is 10.8. The van der Waals surface area contributed by atoms with Crippen LogP contribution in [0.2, 0.25) is 0 Å². The first kappa shape index (κ1) is 24.0. The molecule has 1 atom stereocenters. The molecule has 0 bridgehead atoms. The maximum atomic E-state index is 12.8. The summed E-state index contributed by atoms with van der Waals surface area (Å²) in [5.74, 6) is -0.989. The van der Waals surface area contributed by atoms with Crippen LogP contribution in [-0.4, -0.2) is 24.2 Å². The lowest BCUT2D eigenvalue weighted by molar-refractivity contribution is -0.138. The van der Waals surface area contributed by atoms with E-state index in [0.29, 0.717) is 16.5 Å². The number of allylic oxidation sites excluding steroid dienone is 2. The number of nitriles is 1. The average molecular weight is 464 g/mol. The monoisotopic (exact) mass is 463 g/mol. The molecule has 0 aliphatic carbocycles. The van der Waals surface area contributed by atoms with Crippen molar-refractivity contribution in [3.63, 3.8) is 0 Å². The summed E-state index contributed by atoms with van der Waals surface area (Å²) in [5.41, 5.74) is 3.86. The van der Waals surface area contributed by atoms with Crippen LogP contribution in [0.3, 0.4) is 0 Å². The molecule has 1 aliphatic rings. The summed E-state index contributed by atoms with van der Waals surface area (Å²) in [6.45, 7) is 9.22. The lowest BCUT2D eigenvalue weighted by Crippen LogP contribution is -2.29. The molecule has 0 unspecified atom stereocenters. The Bertz CT molecular complexity index is 1170. The molecule has 0 saturated heterocycles. The number of dihydropyridines is 1. The van der Waals surface area contributed by atoms with Crippen LogP contribution in [0, 0.1) is 25.2 Å². The highest BCUT2D eigenvalue weighted by molar-refractivity contribution is 8.03. The van der Waals surface area contributed by atoms with Crippen molar-refractivity contribution < 1.29 is 18.7 Å². The minimum Gasteiger partial charge on any atom is -0.468 e. The number of benzene rings is 1. The molecular formula is C25H25N3O4S. The van der Waals surface area contributed by atoms with Gasteiger partial charge < -0.3 is 19.8 Å². The molecule has 1 aromatic carbocycles. The van der Waals surface area contributed by atoms with Crippen LogP contribution >= 0.6 is 11.8 Å². The third-order valence-electron chi connectivity index (χ3n) is 5.04. The van der Waals surface area contributed by atoms with E-state index >= 15 is 0 Å². The van der Waals surface area contributed by atoms with Crippen LogP contribution in [0.5, 0.6) is 0 Å². The van der Waals surface area contributed by atoms with Crippen molar-refractivity contribution in [2.75, 3.05) is 17.7 Å². The quantitative estimate of drug-likeness (QED) is 0.432. The second kappa shape index (κ2) is 10.7. The zero-order chi connectivity index (χ0) is 24.0. The van der Waals surface area contributed by atoms with Gasteiger partial charge in [-0.2, -0.15) is 5.26 Å². The number of hydrogen-bond acceptors (Lipinski definition) is 7. The Hall–Kier alpha value is -3.70. The van der Waals surface area contributed by atoms with Gasteiger partial charge in [0.15, 0.2) is 0 Å². The summed E-state index contributed by atoms with van der Waals surface area (Å²) in [6, 6.07) is 11.4. The van der Waals surface area contributed by atoms with Crippen molar-refractivity contribution in [2.45, 2.75) is 26.7 Å². The van der Waals surface area contributed by atoms with E-state index in [-0.39, 0.29) is 29.4 Å². The van der Waals surface area contributed by atoms with Gasteiger partial charge >= 0.3 is 5.97 Å². The van der Waals surface area contributed by atoms with Gasteiger partial charge in [-0.05, 0) is 50.1 Å². The smallest absolute Gasteiger partial charge is 0.337 e. The highest BCUT2D eigenvalue weighted by atomic mass is 32.2. The van der Waals surface area contributed by atoms with Crippen LogP contribution in [0.4, 0.5) is 5.69 Å². The van der Waals surface area contributed by atoms with E-state index in [0.717, 1.165) is 16.8 Å². The summed E-state index contributed by atoms with van der Waals surface area (Å²) in [7, 11) is 0. The second-order valence-corrected chi connectivity index (χ2v) is 8.49. The number of carbonyl (C=O) groups is 2. The molecule has 33 heavy (non-hydrogen) atoms. The van der Waals surface area contributed by atoms with E-state index in [2.05, 4.69) is 23.3 Å². The second-order valence-electron chi connectivity index (χ2n) is 7.51. The van der Waals surface area contributed by atoms with Gasteiger partial charge in [-0.15, -0.1) is 0 Å². The summed E-state index contributed by atoms with van der Waals surface area (Å²) in [5, 5.41) is 16.5. The molecule has 2 aromatic rings. The van der Waals surface area contributed by atoms with Crippen LogP contribution in [0.1, 0.15) is 29.7 Å². The fourth-order valence-electron chi connectivity index (χ4n) is 3.44. The van der Waals surface area contributed by atoms with Crippen molar-refractivity contribution in [2.24, 2.45) is 0 Å². The Kier molecular flexibility index (Phi) is 7.80. The van der Waals surface area contributed by atoms with E-state index < -0.39 is 11.9 Å². The van der Waals surface area contributed by atoms with Crippen molar-refractivity contribution in [3.8, 4) is 6.07 Å². The first-order valence-corrected chi connectivity index (χ1v) is 11.3. The molecule has 2 N–H and O–H groups in total. The number of ether oxygens (including phenoxy) is 1. The van der Waals surface area contributed by atoms with Gasteiger partial charge in [0.1, 0.15) is 12.4 Å². The number of nitrogens with zero attached hydrogens (tertiary/aromatic N) is 1. The van der Waals surface area contributed by atoms with Crippen LogP contribution in [0.15, 0.2) is 75.5 Å². The highest BCUT2D eigenvalue weighted by Gasteiger charge is 2.37. The molecule has 1 aromatic heterocycles. The van der Waals surface area contributed by atoms with E-state index in [1.54, 1.807) is 19.1 Å². The lowest BCUT2D eigenvalue weighted by Gasteiger charge is -2.27. The number of aryl methyl sites for hydroxylation is 2. The topological polar surface area (TPSA) is 104 Å². The SMILES string of the molecule is C=CCOC(=O)C1=C(C)NC(SCC(=O)Nc2cc(C)ccc2C)=C(C#N)[C@@H]1c1ccco1. The largest absolute Gasteiger partial charge is 0.468 e. The lowest BCUT2D eigenvalue weighted by atomic mass is 9.86. The van der Waals surface area contributed by atoms with E-state index in [1.165, 1.54) is 24.1 Å². The van der Waals surface area contributed by atoms with Gasteiger partial charge in [0.05, 0.1) is 40.2 Å². The van der Waals surface area contributed by atoms with Crippen molar-refractivity contribution in [3.05, 3.63) is 88.0 Å². The fraction of sp³-hybridized carbons (Fsp3) is 0.240. The molecule has 2 heterocycles. The molecule has 3 rings (SSSR count). The van der Waals surface area contributed by atoms with Crippen LogP contribution in [0.25, 0.3) is 0 Å². The van der Waals surface area contributed by atoms with E-state index in [1.807, 2.05) is 32.0 Å². The fourth-order valence-corrected chi connectivity index (χ4v) is 4.34. The maximum Gasteiger partial charge on any atom is 0.337 e. The molecule has 0 fully saturated rings. The van der Waals surface area contributed by atoms with Crippen molar-refractivity contribution in [1.82, 2.24) is 5.32 Å². The number of thioether (sulfide) groups is 1. The van der Waals surface area contributed by atoms with Gasteiger partial charge in [-0.1, -0.05) is 36.5 Å². The van der Waals surface area contributed by atoms with Crippen LogP contribution in [-0.2, 0) is 14.3 Å². The molecule has 8 heteroatoms. The number of hydrogen-bond donors (Lipinski definition) is 2. The molecule has 0 spiro atoms. The third kappa shape index (κ3) is 5.57. The Morgan fingerprint density at radius 2 is 2.12 bits per heavy atom. The van der Waals surface area contributed by atoms with Gasteiger partial charge in [0.2, 0.25) is 5.91 Å². The number of esters is 1. The Balaban J connectivity index is 1.84. The number of carbonyl (C=O) groups excluding carboxylic acids is 2. The van der Waals surface area contributed by atoms with Crippen LogP contribution < -0.4 is 10.6 Å². The number of anilines is 1.